The van der Waals surface area contributed by atoms with Crippen molar-refractivity contribution in [1.82, 2.24) is 4.90 Å². The van der Waals surface area contributed by atoms with E-state index in [4.69, 9.17) is 4.74 Å². The van der Waals surface area contributed by atoms with E-state index in [0.717, 1.165) is 48.7 Å². The number of aliphatic hydroxyl groups excluding tert-OH is 1. The number of hydrogen-bond acceptors (Lipinski definition) is 3. The molecule has 1 aliphatic carbocycles. The van der Waals surface area contributed by atoms with Crippen molar-refractivity contribution in [2.75, 3.05) is 26.7 Å². The van der Waals surface area contributed by atoms with Crippen molar-refractivity contribution >= 4 is 0 Å². The molecule has 1 N–H and O–H groups in total. The van der Waals surface area contributed by atoms with Crippen LogP contribution < -0.4 is 4.74 Å². The number of methoxy groups -OCH3 is 1. The summed E-state index contributed by atoms with van der Waals surface area (Å²) in [6.45, 7) is 2.96. The minimum atomic E-state index is -0.446. The minimum absolute atomic E-state index is 0.446. The topological polar surface area (TPSA) is 32.7 Å². The molecule has 132 valence electrons. The number of β-amino-alcohol motifs (C(OH)–C–C–N with tert-alkyl or cyclic N) is 1. The van der Waals surface area contributed by atoms with Crippen LogP contribution >= 0.6 is 0 Å². The molecule has 0 amide bonds. The molecular formula is C22H27NO2. The first-order valence-electron chi connectivity index (χ1n) is 9.32. The number of aliphatic hydroxyl groups is 1. The Morgan fingerprint density at radius 2 is 1.76 bits per heavy atom. The Hall–Kier alpha value is -1.84. The van der Waals surface area contributed by atoms with Gasteiger partial charge in [-0.2, -0.15) is 0 Å². The molecule has 1 saturated carbocycles. The number of ether oxygens (including phenoxy) is 1. The van der Waals surface area contributed by atoms with Crippen LogP contribution in [0.15, 0.2) is 54.6 Å². The molecule has 3 unspecified atom stereocenters. The van der Waals surface area contributed by atoms with Crippen LogP contribution in [0.2, 0.25) is 0 Å². The molecule has 0 spiro atoms. The minimum Gasteiger partial charge on any atom is -0.497 e. The van der Waals surface area contributed by atoms with Gasteiger partial charge in [-0.25, -0.2) is 0 Å². The first-order valence-corrected chi connectivity index (χ1v) is 9.32. The van der Waals surface area contributed by atoms with Crippen molar-refractivity contribution in [3.8, 4) is 5.75 Å². The van der Waals surface area contributed by atoms with Crippen LogP contribution in [-0.2, 0) is 0 Å². The molecule has 1 heterocycles. The third-order valence-corrected chi connectivity index (χ3v) is 6.01. The van der Waals surface area contributed by atoms with Crippen LogP contribution in [-0.4, -0.2) is 36.8 Å². The molecule has 0 radical (unpaired) electrons. The fraction of sp³-hybridized carbons (Fsp3) is 0.455. The summed E-state index contributed by atoms with van der Waals surface area (Å²) in [4.78, 5) is 2.45. The summed E-state index contributed by atoms with van der Waals surface area (Å²) in [7, 11) is 1.66. The van der Waals surface area contributed by atoms with Gasteiger partial charge in [-0.15, -0.1) is 0 Å². The second-order valence-corrected chi connectivity index (χ2v) is 7.61. The molecule has 3 heteroatoms. The summed E-state index contributed by atoms with van der Waals surface area (Å²) in [6.07, 6.45) is 2.14. The molecule has 2 aromatic carbocycles. The lowest BCUT2D eigenvalue weighted by Gasteiger charge is -2.22. The Kier molecular flexibility index (Phi) is 4.78. The highest BCUT2D eigenvalue weighted by Gasteiger charge is 2.41. The molecule has 2 aliphatic rings. The van der Waals surface area contributed by atoms with Gasteiger partial charge >= 0.3 is 0 Å². The van der Waals surface area contributed by atoms with Crippen LogP contribution in [0.25, 0.3) is 0 Å². The molecule has 1 aliphatic heterocycles. The van der Waals surface area contributed by atoms with Gasteiger partial charge in [0.2, 0.25) is 0 Å². The smallest absolute Gasteiger partial charge is 0.119 e. The van der Waals surface area contributed by atoms with Crippen LogP contribution in [0.5, 0.6) is 5.75 Å². The molecule has 25 heavy (non-hydrogen) atoms. The van der Waals surface area contributed by atoms with Crippen molar-refractivity contribution < 1.29 is 9.84 Å². The Labute approximate surface area is 150 Å². The van der Waals surface area contributed by atoms with E-state index in [0.29, 0.717) is 0 Å². The quantitative estimate of drug-likeness (QED) is 0.899. The average Bonchev–Trinajstić information content (AvgIpc) is 3.21. The lowest BCUT2D eigenvalue weighted by molar-refractivity contribution is 0.121. The second-order valence-electron chi connectivity index (χ2n) is 7.61. The number of hydrogen-bond donors (Lipinski definition) is 1. The fourth-order valence-corrected chi connectivity index (χ4v) is 4.74. The molecule has 0 bridgehead atoms. The maximum Gasteiger partial charge on any atom is 0.119 e. The monoisotopic (exact) mass is 337 g/mol. The van der Waals surface area contributed by atoms with Gasteiger partial charge in [0, 0.05) is 19.6 Å². The Bertz CT molecular complexity index is 688. The summed E-state index contributed by atoms with van der Waals surface area (Å²) in [5, 5.41) is 10.6. The van der Waals surface area contributed by atoms with Gasteiger partial charge in [0.25, 0.3) is 0 Å². The van der Waals surface area contributed by atoms with Crippen LogP contribution in [0.1, 0.15) is 36.0 Å². The van der Waals surface area contributed by atoms with Crippen LogP contribution in [0.4, 0.5) is 0 Å². The molecule has 3 nitrogen and oxygen atoms in total. The fourth-order valence-electron chi connectivity index (χ4n) is 4.74. The summed E-state index contributed by atoms with van der Waals surface area (Å²) < 4.78 is 5.26. The molecule has 0 aromatic heterocycles. The number of benzene rings is 2. The predicted molar refractivity (Wildman–Crippen MR) is 99.8 cm³/mol. The molecule has 2 aromatic rings. The van der Waals surface area contributed by atoms with E-state index >= 15 is 0 Å². The zero-order valence-corrected chi connectivity index (χ0v) is 14.8. The van der Waals surface area contributed by atoms with Gasteiger partial charge in [-0.05, 0) is 53.9 Å². The van der Waals surface area contributed by atoms with E-state index in [1.165, 1.54) is 18.4 Å². The number of fused-ring (bicyclic) bond motifs is 1. The molecular weight excluding hydrogens is 310 g/mol. The van der Waals surface area contributed by atoms with E-state index in [1.807, 2.05) is 24.3 Å². The van der Waals surface area contributed by atoms with Gasteiger partial charge in [0.1, 0.15) is 5.75 Å². The standard InChI is InChI=1S/C22H27NO2/c1-25-21-9-5-8-17(12-21)22(24)15-23-13-19-10-18(11-20(19)14-23)16-6-3-2-4-7-16/h2-9,12,18-20,22,24H,10-11,13-15H2,1H3. The Morgan fingerprint density at radius 1 is 1.04 bits per heavy atom. The predicted octanol–water partition coefficient (Wildman–Crippen LogP) is 3.85. The third kappa shape index (κ3) is 3.58. The first kappa shape index (κ1) is 16.6. The summed E-state index contributed by atoms with van der Waals surface area (Å²) >= 11 is 0. The number of nitrogens with zero attached hydrogens (tertiary/aromatic N) is 1. The molecule has 3 atom stereocenters. The van der Waals surface area contributed by atoms with E-state index in [2.05, 4.69) is 35.2 Å². The third-order valence-electron chi connectivity index (χ3n) is 6.01. The van der Waals surface area contributed by atoms with E-state index in [9.17, 15) is 5.11 Å². The van der Waals surface area contributed by atoms with Gasteiger partial charge in [-0.3, -0.25) is 4.90 Å². The molecule has 4 rings (SSSR count). The van der Waals surface area contributed by atoms with Crippen LogP contribution in [0, 0.1) is 11.8 Å². The van der Waals surface area contributed by atoms with Gasteiger partial charge in [-0.1, -0.05) is 42.5 Å². The van der Waals surface area contributed by atoms with E-state index < -0.39 is 6.10 Å². The highest BCUT2D eigenvalue weighted by Crippen LogP contribution is 2.46. The van der Waals surface area contributed by atoms with Crippen molar-refractivity contribution in [3.05, 3.63) is 65.7 Å². The van der Waals surface area contributed by atoms with E-state index in [1.54, 1.807) is 7.11 Å². The zero-order chi connectivity index (χ0) is 17.2. The van der Waals surface area contributed by atoms with E-state index in [-0.39, 0.29) is 0 Å². The summed E-state index contributed by atoms with van der Waals surface area (Å²) in [6, 6.07) is 18.7. The summed E-state index contributed by atoms with van der Waals surface area (Å²) in [5.74, 6) is 3.09. The number of likely N-dealkylation sites (tertiary alicyclic amines) is 1. The Morgan fingerprint density at radius 3 is 2.44 bits per heavy atom. The summed E-state index contributed by atoms with van der Waals surface area (Å²) in [5.41, 5.74) is 2.44. The average molecular weight is 337 g/mol. The van der Waals surface area contributed by atoms with Crippen molar-refractivity contribution in [1.29, 1.82) is 0 Å². The first-order chi connectivity index (χ1) is 12.2. The van der Waals surface area contributed by atoms with Crippen molar-refractivity contribution in [2.45, 2.75) is 24.9 Å². The maximum absolute atomic E-state index is 10.6. The van der Waals surface area contributed by atoms with Crippen molar-refractivity contribution in [2.24, 2.45) is 11.8 Å². The second kappa shape index (κ2) is 7.19. The lowest BCUT2D eigenvalue weighted by Crippen LogP contribution is -2.27. The van der Waals surface area contributed by atoms with Crippen molar-refractivity contribution in [3.63, 3.8) is 0 Å². The number of rotatable bonds is 5. The zero-order valence-electron chi connectivity index (χ0n) is 14.8. The Balaban J connectivity index is 1.34. The maximum atomic E-state index is 10.6. The van der Waals surface area contributed by atoms with Gasteiger partial charge in [0.05, 0.1) is 13.2 Å². The normalized spacial score (nSPS) is 27.2. The molecule has 2 fully saturated rings. The highest BCUT2D eigenvalue weighted by molar-refractivity contribution is 5.30. The van der Waals surface area contributed by atoms with Gasteiger partial charge in [0.15, 0.2) is 0 Å². The molecule has 1 saturated heterocycles. The highest BCUT2D eigenvalue weighted by atomic mass is 16.5. The largest absolute Gasteiger partial charge is 0.497 e. The SMILES string of the molecule is COc1cccc(C(O)CN2CC3CC(c4ccccc4)CC3C2)c1. The lowest BCUT2D eigenvalue weighted by atomic mass is 9.96. The van der Waals surface area contributed by atoms with Crippen LogP contribution in [0.3, 0.4) is 0 Å². The van der Waals surface area contributed by atoms with Gasteiger partial charge < -0.3 is 9.84 Å².